The fraction of sp³-hybridized carbons (Fsp3) is 0.600. The number of aliphatic hydroxyl groups is 1. The van der Waals surface area contributed by atoms with Gasteiger partial charge in [0, 0.05) is 0 Å². The number of benzene rings is 1. The van der Waals surface area contributed by atoms with Crippen molar-refractivity contribution < 1.29 is 9.84 Å². The summed E-state index contributed by atoms with van der Waals surface area (Å²) in [5, 5.41) is 10.1. The number of hydrogen-bond donors (Lipinski definition) is 1. The Labute approximate surface area is 105 Å². The topological polar surface area (TPSA) is 29.5 Å². The first-order chi connectivity index (χ1) is 7.83. The van der Waals surface area contributed by atoms with E-state index in [9.17, 15) is 5.11 Å². The van der Waals surface area contributed by atoms with Crippen LogP contribution in [0.25, 0.3) is 0 Å². The lowest BCUT2D eigenvalue weighted by Crippen LogP contribution is -2.08. The van der Waals surface area contributed by atoms with Crippen molar-refractivity contribution in [3.8, 4) is 5.75 Å². The van der Waals surface area contributed by atoms with E-state index in [1.807, 2.05) is 25.1 Å². The summed E-state index contributed by atoms with van der Waals surface area (Å²) in [5.74, 6) is 0.872. The van der Waals surface area contributed by atoms with Gasteiger partial charge in [-0.1, -0.05) is 26.8 Å². The van der Waals surface area contributed by atoms with Gasteiger partial charge in [-0.2, -0.15) is 0 Å². The zero-order chi connectivity index (χ0) is 13.1. The molecule has 0 heterocycles. The molecule has 0 fully saturated rings. The maximum absolute atomic E-state index is 10.1. The van der Waals surface area contributed by atoms with Crippen LogP contribution in [0, 0.1) is 12.3 Å². The highest BCUT2D eigenvalue weighted by molar-refractivity contribution is 5.36. The quantitative estimate of drug-likeness (QED) is 0.860. The van der Waals surface area contributed by atoms with E-state index < -0.39 is 0 Å². The van der Waals surface area contributed by atoms with Crippen molar-refractivity contribution in [2.45, 2.75) is 46.6 Å². The van der Waals surface area contributed by atoms with Crippen molar-refractivity contribution in [1.29, 1.82) is 0 Å². The van der Waals surface area contributed by atoms with Crippen LogP contribution in [0.4, 0.5) is 0 Å². The molecule has 1 aromatic carbocycles. The second-order valence-corrected chi connectivity index (χ2v) is 5.84. The van der Waals surface area contributed by atoms with Crippen molar-refractivity contribution in [3.63, 3.8) is 0 Å². The number of aryl methyl sites for hydroxylation is 1. The minimum Gasteiger partial charge on any atom is -0.496 e. The lowest BCUT2D eigenvalue weighted by Gasteiger charge is -2.21. The highest BCUT2D eigenvalue weighted by Gasteiger charge is 2.15. The second-order valence-electron chi connectivity index (χ2n) is 5.84. The van der Waals surface area contributed by atoms with Gasteiger partial charge >= 0.3 is 0 Å². The van der Waals surface area contributed by atoms with Gasteiger partial charge in [-0.3, -0.25) is 0 Å². The van der Waals surface area contributed by atoms with Gasteiger partial charge in [0.05, 0.1) is 13.2 Å². The van der Waals surface area contributed by atoms with Crippen LogP contribution in [0.5, 0.6) is 5.75 Å². The van der Waals surface area contributed by atoms with Gasteiger partial charge in [0.15, 0.2) is 0 Å². The number of rotatable bonds is 4. The van der Waals surface area contributed by atoms with Gasteiger partial charge < -0.3 is 9.84 Å². The van der Waals surface area contributed by atoms with E-state index in [1.54, 1.807) is 7.11 Å². The molecule has 0 saturated carbocycles. The average Bonchev–Trinajstić information content (AvgIpc) is 2.24. The molecule has 1 aromatic rings. The largest absolute Gasteiger partial charge is 0.496 e. The number of aliphatic hydroxyl groups excluding tert-OH is 1. The third-order valence-corrected chi connectivity index (χ3v) is 2.97. The van der Waals surface area contributed by atoms with Crippen molar-refractivity contribution in [3.05, 3.63) is 29.3 Å². The number of ether oxygens (including phenoxy) is 1. The Hall–Kier alpha value is -1.02. The molecule has 0 radical (unpaired) electrons. The van der Waals surface area contributed by atoms with Crippen LogP contribution in [0.15, 0.2) is 18.2 Å². The Kier molecular flexibility index (Phi) is 4.58. The molecule has 17 heavy (non-hydrogen) atoms. The third kappa shape index (κ3) is 4.39. The highest BCUT2D eigenvalue weighted by atomic mass is 16.5. The normalized spacial score (nSPS) is 13.5. The van der Waals surface area contributed by atoms with Gasteiger partial charge in [0.25, 0.3) is 0 Å². The molecule has 0 aromatic heterocycles. The van der Waals surface area contributed by atoms with E-state index >= 15 is 0 Å². The SMILES string of the molecule is COc1ccc(C(O)CCC(C)(C)C)cc1C. The summed E-state index contributed by atoms with van der Waals surface area (Å²) in [6, 6.07) is 5.87. The number of hydrogen-bond acceptors (Lipinski definition) is 2. The third-order valence-electron chi connectivity index (χ3n) is 2.97. The van der Waals surface area contributed by atoms with Gasteiger partial charge in [0.2, 0.25) is 0 Å². The van der Waals surface area contributed by atoms with E-state index in [-0.39, 0.29) is 11.5 Å². The van der Waals surface area contributed by atoms with E-state index in [0.717, 1.165) is 29.7 Å². The summed E-state index contributed by atoms with van der Waals surface area (Å²) < 4.78 is 5.21. The molecule has 0 bridgehead atoms. The number of methoxy groups -OCH3 is 1. The predicted octanol–water partition coefficient (Wildman–Crippen LogP) is 3.86. The van der Waals surface area contributed by atoms with Crippen molar-refractivity contribution in [1.82, 2.24) is 0 Å². The van der Waals surface area contributed by atoms with Crippen LogP contribution in [-0.4, -0.2) is 12.2 Å². The van der Waals surface area contributed by atoms with Gasteiger partial charge in [-0.15, -0.1) is 0 Å². The summed E-state index contributed by atoms with van der Waals surface area (Å²) in [6.07, 6.45) is 1.44. The first kappa shape index (κ1) is 14.0. The smallest absolute Gasteiger partial charge is 0.121 e. The standard InChI is InChI=1S/C15H24O2/c1-11-10-12(6-7-14(11)17-5)13(16)8-9-15(2,3)4/h6-7,10,13,16H,8-9H2,1-5H3. The second kappa shape index (κ2) is 5.54. The fourth-order valence-corrected chi connectivity index (χ4v) is 1.85. The molecule has 1 unspecified atom stereocenters. The molecular weight excluding hydrogens is 212 g/mol. The highest BCUT2D eigenvalue weighted by Crippen LogP contribution is 2.29. The molecule has 0 amide bonds. The van der Waals surface area contributed by atoms with Crippen LogP contribution in [0.3, 0.4) is 0 Å². The lowest BCUT2D eigenvalue weighted by atomic mass is 9.88. The van der Waals surface area contributed by atoms with E-state index in [2.05, 4.69) is 20.8 Å². The molecular formula is C15H24O2. The van der Waals surface area contributed by atoms with Crippen LogP contribution < -0.4 is 4.74 Å². The van der Waals surface area contributed by atoms with Gasteiger partial charge in [-0.05, 0) is 48.4 Å². The Morgan fingerprint density at radius 3 is 2.41 bits per heavy atom. The zero-order valence-electron chi connectivity index (χ0n) is 11.6. The average molecular weight is 236 g/mol. The predicted molar refractivity (Wildman–Crippen MR) is 71.4 cm³/mol. The summed E-state index contributed by atoms with van der Waals surface area (Å²) in [7, 11) is 1.66. The van der Waals surface area contributed by atoms with Crippen LogP contribution >= 0.6 is 0 Å². The summed E-state index contributed by atoms with van der Waals surface area (Å²) in [4.78, 5) is 0. The van der Waals surface area contributed by atoms with Gasteiger partial charge in [0.1, 0.15) is 5.75 Å². The minimum absolute atomic E-state index is 0.266. The monoisotopic (exact) mass is 236 g/mol. The van der Waals surface area contributed by atoms with Crippen molar-refractivity contribution in [2.24, 2.45) is 5.41 Å². The van der Waals surface area contributed by atoms with Crippen molar-refractivity contribution >= 4 is 0 Å². The molecule has 0 aliphatic heterocycles. The molecule has 1 rings (SSSR count). The zero-order valence-corrected chi connectivity index (χ0v) is 11.6. The summed E-state index contributed by atoms with van der Waals surface area (Å²) in [5.41, 5.74) is 2.31. The van der Waals surface area contributed by atoms with Gasteiger partial charge in [-0.25, -0.2) is 0 Å². The van der Waals surface area contributed by atoms with Crippen LogP contribution in [0.1, 0.15) is 50.8 Å². The first-order valence-corrected chi connectivity index (χ1v) is 6.16. The van der Waals surface area contributed by atoms with E-state index in [4.69, 9.17) is 4.74 Å². The molecule has 0 spiro atoms. The first-order valence-electron chi connectivity index (χ1n) is 6.16. The van der Waals surface area contributed by atoms with Crippen LogP contribution in [-0.2, 0) is 0 Å². The molecule has 96 valence electrons. The van der Waals surface area contributed by atoms with E-state index in [0.29, 0.717) is 0 Å². The minimum atomic E-state index is -0.376. The molecule has 0 saturated heterocycles. The summed E-state index contributed by atoms with van der Waals surface area (Å²) >= 11 is 0. The lowest BCUT2D eigenvalue weighted by molar-refractivity contribution is 0.147. The molecule has 2 nitrogen and oxygen atoms in total. The molecule has 0 aliphatic rings. The van der Waals surface area contributed by atoms with Crippen LogP contribution in [0.2, 0.25) is 0 Å². The molecule has 1 N–H and O–H groups in total. The molecule has 1 atom stereocenters. The Balaban J connectivity index is 2.69. The Morgan fingerprint density at radius 1 is 1.29 bits per heavy atom. The molecule has 0 aliphatic carbocycles. The Bertz CT molecular complexity index is 364. The van der Waals surface area contributed by atoms with Crippen molar-refractivity contribution in [2.75, 3.05) is 7.11 Å². The fourth-order valence-electron chi connectivity index (χ4n) is 1.85. The maximum Gasteiger partial charge on any atom is 0.121 e. The summed E-state index contributed by atoms with van der Waals surface area (Å²) in [6.45, 7) is 8.58. The maximum atomic E-state index is 10.1. The molecule has 2 heteroatoms. The van der Waals surface area contributed by atoms with E-state index in [1.165, 1.54) is 0 Å². The Morgan fingerprint density at radius 2 is 1.94 bits per heavy atom.